The van der Waals surface area contributed by atoms with Crippen LogP contribution < -0.4 is 19.8 Å². The normalized spacial score (nSPS) is 11.1. The van der Waals surface area contributed by atoms with E-state index in [4.69, 9.17) is 4.74 Å². The molecule has 0 spiro atoms. The van der Waals surface area contributed by atoms with E-state index in [-0.39, 0.29) is 17.3 Å². The lowest BCUT2D eigenvalue weighted by Gasteiger charge is -2.22. The quantitative estimate of drug-likeness (QED) is 0.213. The smallest absolute Gasteiger partial charge is 0.265 e. The minimum atomic E-state index is -4.06. The third-order valence-electron chi connectivity index (χ3n) is 5.30. The molecule has 0 saturated heterocycles. The van der Waals surface area contributed by atoms with E-state index >= 15 is 0 Å². The summed E-state index contributed by atoms with van der Waals surface area (Å²) >= 11 is 0. The Morgan fingerprint density at radius 1 is 0.900 bits per heavy atom. The number of carbonyl (C=O) groups is 2. The average molecular weight is 562 g/mol. The number of nitrogens with zero attached hydrogens (tertiary/aromatic N) is 3. The average Bonchev–Trinajstić information content (AvgIpc) is 2.97. The van der Waals surface area contributed by atoms with E-state index in [0.717, 1.165) is 4.31 Å². The van der Waals surface area contributed by atoms with Crippen LogP contribution in [0.5, 0.6) is 5.75 Å². The van der Waals surface area contributed by atoms with Crippen molar-refractivity contribution in [1.29, 1.82) is 0 Å². The first-order chi connectivity index (χ1) is 19.3. The van der Waals surface area contributed by atoms with Gasteiger partial charge in [-0.2, -0.15) is 5.10 Å². The number of amides is 2. The molecule has 0 atom stereocenters. The highest BCUT2D eigenvalue weighted by atomic mass is 32.2. The zero-order valence-electron chi connectivity index (χ0n) is 21.0. The predicted molar refractivity (Wildman–Crippen MR) is 148 cm³/mol. The minimum Gasteiger partial charge on any atom is -0.484 e. The molecule has 2 amide bonds. The number of aromatic nitrogens is 1. The lowest BCUT2D eigenvalue weighted by molar-refractivity contribution is -0.119. The lowest BCUT2D eigenvalue weighted by Crippen LogP contribution is -2.40. The fourth-order valence-electron chi connectivity index (χ4n) is 3.38. The summed E-state index contributed by atoms with van der Waals surface area (Å²) in [4.78, 5) is 28.7. The van der Waals surface area contributed by atoms with Gasteiger partial charge >= 0.3 is 0 Å². The molecule has 2 N–H and O–H groups in total. The van der Waals surface area contributed by atoms with Crippen molar-refractivity contribution in [3.63, 3.8) is 0 Å². The number of halogens is 1. The van der Waals surface area contributed by atoms with Gasteiger partial charge in [-0.3, -0.25) is 9.59 Å². The first-order valence-electron chi connectivity index (χ1n) is 11.9. The second-order valence-electron chi connectivity index (χ2n) is 8.22. The Bertz CT molecular complexity index is 1570. The summed E-state index contributed by atoms with van der Waals surface area (Å²) in [6.45, 7) is -0.794. The number of pyridine rings is 1. The van der Waals surface area contributed by atoms with Crippen LogP contribution in [-0.4, -0.2) is 44.6 Å². The highest BCUT2D eigenvalue weighted by Crippen LogP contribution is 2.21. The molecule has 40 heavy (non-hydrogen) atoms. The molecule has 10 nitrogen and oxygen atoms in total. The SMILES string of the molecule is O=C(CN(c1ccccn1)S(=O)(=O)c1ccccc1)N/N=C\c1ccc(OCC(=O)Nc2ccc(F)cc2)cc1. The summed E-state index contributed by atoms with van der Waals surface area (Å²) in [5.41, 5.74) is 3.39. The van der Waals surface area contributed by atoms with Crippen LogP contribution in [0.1, 0.15) is 5.56 Å². The van der Waals surface area contributed by atoms with Crippen LogP contribution in [0.4, 0.5) is 15.9 Å². The molecule has 0 aliphatic carbocycles. The summed E-state index contributed by atoms with van der Waals surface area (Å²) in [6.07, 6.45) is 2.81. The Kier molecular flexibility index (Phi) is 9.15. The standard InChI is InChI=1S/C28H24FN5O5S/c29-22-11-13-23(14-12-22)32-28(36)20-39-24-15-9-21(10-16-24)18-31-33-27(35)19-34(26-8-4-5-17-30-26)40(37,38)25-6-2-1-3-7-25/h1-18H,19-20H2,(H,32,36)(H,33,35)/b31-18-. The molecule has 0 saturated carbocycles. The van der Waals surface area contributed by atoms with E-state index in [1.165, 1.54) is 54.9 Å². The van der Waals surface area contributed by atoms with Crippen LogP contribution >= 0.6 is 0 Å². The molecule has 0 radical (unpaired) electrons. The number of nitrogens with one attached hydrogen (secondary N) is 2. The third kappa shape index (κ3) is 7.71. The minimum absolute atomic E-state index is 0.0206. The fraction of sp³-hybridized carbons (Fsp3) is 0.0714. The molecule has 3 aromatic carbocycles. The molecule has 1 aromatic heterocycles. The molecule has 0 unspecified atom stereocenters. The Morgan fingerprint density at radius 3 is 2.27 bits per heavy atom. The van der Waals surface area contributed by atoms with Gasteiger partial charge in [0.1, 0.15) is 23.9 Å². The molecule has 0 bridgehead atoms. The number of hydrogen-bond donors (Lipinski definition) is 2. The van der Waals surface area contributed by atoms with Gasteiger partial charge in [0.25, 0.3) is 21.8 Å². The molecular formula is C28H24FN5O5S. The van der Waals surface area contributed by atoms with Gasteiger partial charge < -0.3 is 10.1 Å². The van der Waals surface area contributed by atoms with E-state index < -0.39 is 34.2 Å². The van der Waals surface area contributed by atoms with Gasteiger partial charge in [0, 0.05) is 11.9 Å². The van der Waals surface area contributed by atoms with Crippen molar-refractivity contribution in [2.24, 2.45) is 5.10 Å². The summed E-state index contributed by atoms with van der Waals surface area (Å²) in [6, 6.07) is 24.4. The Morgan fingerprint density at radius 2 is 1.60 bits per heavy atom. The van der Waals surface area contributed by atoms with Crippen LogP contribution in [0, 0.1) is 5.82 Å². The highest BCUT2D eigenvalue weighted by molar-refractivity contribution is 7.92. The molecule has 4 rings (SSSR count). The van der Waals surface area contributed by atoms with Gasteiger partial charge in [-0.25, -0.2) is 27.5 Å². The number of sulfonamides is 1. The van der Waals surface area contributed by atoms with E-state index in [2.05, 4.69) is 20.8 Å². The van der Waals surface area contributed by atoms with Crippen LogP contribution in [0.25, 0.3) is 0 Å². The Labute approximate surface area is 230 Å². The topological polar surface area (TPSA) is 130 Å². The molecular weight excluding hydrogens is 537 g/mol. The molecule has 0 fully saturated rings. The monoisotopic (exact) mass is 561 g/mol. The first-order valence-corrected chi connectivity index (χ1v) is 13.3. The lowest BCUT2D eigenvalue weighted by atomic mass is 10.2. The van der Waals surface area contributed by atoms with Crippen molar-refractivity contribution in [3.8, 4) is 5.75 Å². The van der Waals surface area contributed by atoms with Crippen molar-refractivity contribution in [3.05, 3.63) is 115 Å². The van der Waals surface area contributed by atoms with Gasteiger partial charge in [-0.15, -0.1) is 0 Å². The summed E-state index contributed by atoms with van der Waals surface area (Å²) in [7, 11) is -4.06. The van der Waals surface area contributed by atoms with Crippen molar-refractivity contribution < 1.29 is 27.1 Å². The van der Waals surface area contributed by atoms with E-state index in [9.17, 15) is 22.4 Å². The molecule has 1 heterocycles. The number of benzene rings is 3. The molecule has 12 heteroatoms. The number of rotatable bonds is 11. The van der Waals surface area contributed by atoms with Crippen LogP contribution in [0.2, 0.25) is 0 Å². The molecule has 0 aliphatic rings. The molecule has 204 valence electrons. The summed E-state index contributed by atoms with van der Waals surface area (Å²) in [5.74, 6) is -0.970. The maximum Gasteiger partial charge on any atom is 0.265 e. The number of hydrazone groups is 1. The van der Waals surface area contributed by atoms with Crippen molar-refractivity contribution in [2.45, 2.75) is 4.90 Å². The maximum absolute atomic E-state index is 13.2. The predicted octanol–water partition coefficient (Wildman–Crippen LogP) is 3.58. The number of ether oxygens (including phenoxy) is 1. The molecule has 0 aliphatic heterocycles. The second kappa shape index (κ2) is 13.1. The van der Waals surface area contributed by atoms with Crippen molar-refractivity contribution >= 4 is 39.6 Å². The van der Waals surface area contributed by atoms with Crippen LogP contribution in [0.15, 0.2) is 113 Å². The fourth-order valence-corrected chi connectivity index (χ4v) is 4.78. The Hall–Kier alpha value is -5.10. The summed E-state index contributed by atoms with van der Waals surface area (Å²) < 4.78 is 45.7. The van der Waals surface area contributed by atoms with Gasteiger partial charge in [0.05, 0.1) is 11.1 Å². The first kappa shape index (κ1) is 27.9. The van der Waals surface area contributed by atoms with E-state index in [1.807, 2.05) is 0 Å². The van der Waals surface area contributed by atoms with Gasteiger partial charge in [0.2, 0.25) is 0 Å². The Balaban J connectivity index is 1.31. The number of carbonyl (C=O) groups excluding carboxylic acids is 2. The van der Waals surface area contributed by atoms with E-state index in [1.54, 1.807) is 54.6 Å². The highest BCUT2D eigenvalue weighted by Gasteiger charge is 2.27. The van der Waals surface area contributed by atoms with E-state index in [0.29, 0.717) is 17.0 Å². The second-order valence-corrected chi connectivity index (χ2v) is 10.1. The van der Waals surface area contributed by atoms with Crippen LogP contribution in [0.3, 0.4) is 0 Å². The number of hydrogen-bond acceptors (Lipinski definition) is 7. The molecule has 4 aromatic rings. The number of anilines is 2. The maximum atomic E-state index is 13.2. The third-order valence-corrected chi connectivity index (χ3v) is 7.07. The summed E-state index contributed by atoms with van der Waals surface area (Å²) in [5, 5.41) is 6.50. The van der Waals surface area contributed by atoms with Crippen molar-refractivity contribution in [2.75, 3.05) is 22.8 Å². The van der Waals surface area contributed by atoms with Gasteiger partial charge in [-0.1, -0.05) is 24.3 Å². The van der Waals surface area contributed by atoms with Gasteiger partial charge in [0.15, 0.2) is 6.61 Å². The zero-order valence-corrected chi connectivity index (χ0v) is 21.8. The zero-order chi connectivity index (χ0) is 28.4. The van der Waals surface area contributed by atoms with Crippen molar-refractivity contribution in [1.82, 2.24) is 10.4 Å². The largest absolute Gasteiger partial charge is 0.484 e. The van der Waals surface area contributed by atoms with Crippen LogP contribution in [-0.2, 0) is 19.6 Å². The van der Waals surface area contributed by atoms with Gasteiger partial charge in [-0.05, 0) is 78.4 Å².